The first kappa shape index (κ1) is 25.6. The van der Waals surface area contributed by atoms with E-state index in [0.29, 0.717) is 5.57 Å². The van der Waals surface area contributed by atoms with Crippen LogP contribution in [-0.4, -0.2) is 24.3 Å². The van der Waals surface area contributed by atoms with Gasteiger partial charge in [0, 0.05) is 18.1 Å². The van der Waals surface area contributed by atoms with Crippen LogP contribution in [0.2, 0.25) is 0 Å². The standard InChI is InChI=1S/C28H44O3/c1-5-7-8-9-22-12-15-26(16-13-22)27-17-14-23(18-25(27)6-2)10-11-24(19-29)20-31-28(30)21(3)4/h14,17-18,22,24,26,29H,3,5-13,15-16,19-20H2,1-2,4H3. The first-order chi connectivity index (χ1) is 15.0. The zero-order chi connectivity index (χ0) is 22.6. The third kappa shape index (κ3) is 8.44. The Bertz CT molecular complexity index is 685. The smallest absolute Gasteiger partial charge is 0.333 e. The first-order valence-corrected chi connectivity index (χ1v) is 12.5. The van der Waals surface area contributed by atoms with Crippen molar-refractivity contribution in [3.63, 3.8) is 0 Å². The number of benzene rings is 1. The lowest BCUT2D eigenvalue weighted by Crippen LogP contribution is -2.18. The van der Waals surface area contributed by atoms with Crippen molar-refractivity contribution in [2.24, 2.45) is 11.8 Å². The molecule has 1 saturated carbocycles. The van der Waals surface area contributed by atoms with Gasteiger partial charge in [-0.15, -0.1) is 0 Å². The van der Waals surface area contributed by atoms with Gasteiger partial charge in [-0.25, -0.2) is 4.79 Å². The highest BCUT2D eigenvalue weighted by molar-refractivity contribution is 5.86. The van der Waals surface area contributed by atoms with Crippen molar-refractivity contribution >= 4 is 5.97 Å². The van der Waals surface area contributed by atoms with Crippen LogP contribution in [-0.2, 0) is 22.4 Å². The van der Waals surface area contributed by atoms with Crippen LogP contribution in [0.15, 0.2) is 30.4 Å². The molecule has 31 heavy (non-hydrogen) atoms. The van der Waals surface area contributed by atoms with Crippen LogP contribution < -0.4 is 0 Å². The number of carbonyl (C=O) groups is 1. The molecule has 1 N–H and O–H groups in total. The van der Waals surface area contributed by atoms with E-state index >= 15 is 0 Å². The number of unbranched alkanes of at least 4 members (excludes halogenated alkanes) is 2. The van der Waals surface area contributed by atoms with Crippen molar-refractivity contribution < 1.29 is 14.6 Å². The summed E-state index contributed by atoms with van der Waals surface area (Å²) in [6, 6.07) is 7.01. The van der Waals surface area contributed by atoms with E-state index in [1.54, 1.807) is 12.5 Å². The molecule has 0 amide bonds. The Labute approximate surface area is 190 Å². The first-order valence-electron chi connectivity index (χ1n) is 12.5. The highest BCUT2D eigenvalue weighted by Crippen LogP contribution is 2.39. The molecular formula is C28H44O3. The number of hydrogen-bond acceptors (Lipinski definition) is 3. The number of ether oxygens (including phenoxy) is 1. The van der Waals surface area contributed by atoms with Gasteiger partial charge in [0.1, 0.15) is 0 Å². The number of aliphatic hydroxyl groups is 1. The van der Waals surface area contributed by atoms with E-state index in [1.165, 1.54) is 62.5 Å². The number of rotatable bonds is 13. The molecule has 0 aromatic heterocycles. The van der Waals surface area contributed by atoms with Gasteiger partial charge in [-0.2, -0.15) is 0 Å². The second-order valence-electron chi connectivity index (χ2n) is 9.57. The molecular weight excluding hydrogens is 384 g/mol. The van der Waals surface area contributed by atoms with Gasteiger partial charge in [-0.3, -0.25) is 0 Å². The van der Waals surface area contributed by atoms with Crippen molar-refractivity contribution in [2.45, 2.75) is 97.3 Å². The third-order valence-electron chi connectivity index (χ3n) is 6.99. The lowest BCUT2D eigenvalue weighted by molar-refractivity contribution is -0.140. The fourth-order valence-electron chi connectivity index (χ4n) is 4.88. The van der Waals surface area contributed by atoms with Gasteiger partial charge in [0.2, 0.25) is 0 Å². The fraction of sp³-hybridized carbons (Fsp3) is 0.679. The van der Waals surface area contributed by atoms with Gasteiger partial charge < -0.3 is 9.84 Å². The summed E-state index contributed by atoms with van der Waals surface area (Å²) in [4.78, 5) is 11.6. The Morgan fingerprint density at radius 2 is 1.94 bits per heavy atom. The van der Waals surface area contributed by atoms with E-state index in [4.69, 9.17) is 4.74 Å². The predicted octanol–water partition coefficient (Wildman–Crippen LogP) is 6.76. The number of esters is 1. The molecule has 1 aromatic carbocycles. The van der Waals surface area contributed by atoms with Gasteiger partial charge in [0.15, 0.2) is 0 Å². The molecule has 3 nitrogen and oxygen atoms in total. The summed E-state index contributed by atoms with van der Waals surface area (Å²) < 4.78 is 5.23. The molecule has 1 unspecified atom stereocenters. The summed E-state index contributed by atoms with van der Waals surface area (Å²) in [7, 11) is 0. The maximum atomic E-state index is 11.6. The molecule has 1 fully saturated rings. The molecule has 3 heteroatoms. The van der Waals surface area contributed by atoms with Gasteiger partial charge in [-0.05, 0) is 80.4 Å². The molecule has 0 heterocycles. The van der Waals surface area contributed by atoms with E-state index in [2.05, 4.69) is 38.6 Å². The molecule has 0 saturated heterocycles. The van der Waals surface area contributed by atoms with Gasteiger partial charge in [0.05, 0.1) is 6.61 Å². The van der Waals surface area contributed by atoms with Gasteiger partial charge in [0.25, 0.3) is 0 Å². The van der Waals surface area contributed by atoms with Crippen LogP contribution >= 0.6 is 0 Å². The van der Waals surface area contributed by atoms with Crippen LogP contribution in [0, 0.1) is 11.8 Å². The Kier molecular flexibility index (Phi) is 11.4. The van der Waals surface area contributed by atoms with E-state index in [-0.39, 0.29) is 25.1 Å². The zero-order valence-electron chi connectivity index (χ0n) is 20.1. The molecule has 0 spiro atoms. The molecule has 174 valence electrons. The highest BCUT2D eigenvalue weighted by atomic mass is 16.5. The Hall–Kier alpha value is -1.61. The fourth-order valence-corrected chi connectivity index (χ4v) is 4.88. The molecule has 2 rings (SSSR count). The average molecular weight is 429 g/mol. The Morgan fingerprint density at radius 3 is 2.55 bits per heavy atom. The number of carbonyl (C=O) groups excluding carboxylic acids is 1. The second kappa shape index (κ2) is 13.7. The predicted molar refractivity (Wildman–Crippen MR) is 129 cm³/mol. The van der Waals surface area contributed by atoms with Crippen molar-refractivity contribution in [3.8, 4) is 0 Å². The molecule has 0 radical (unpaired) electrons. The summed E-state index contributed by atoms with van der Waals surface area (Å²) >= 11 is 0. The SMILES string of the molecule is C=C(C)C(=O)OCC(CO)CCc1ccc(C2CCC(CCCCC)CC2)c(CC)c1. The van der Waals surface area contributed by atoms with Crippen LogP contribution in [0.4, 0.5) is 0 Å². The highest BCUT2D eigenvalue weighted by Gasteiger charge is 2.23. The molecule has 1 aromatic rings. The monoisotopic (exact) mass is 428 g/mol. The van der Waals surface area contributed by atoms with Crippen molar-refractivity contribution in [2.75, 3.05) is 13.2 Å². The van der Waals surface area contributed by atoms with Crippen LogP contribution in [0.5, 0.6) is 0 Å². The van der Waals surface area contributed by atoms with Crippen molar-refractivity contribution in [1.29, 1.82) is 0 Å². The summed E-state index contributed by atoms with van der Waals surface area (Å²) in [5, 5.41) is 9.65. The van der Waals surface area contributed by atoms with Crippen molar-refractivity contribution in [1.82, 2.24) is 0 Å². The Balaban J connectivity index is 1.88. The number of aliphatic hydroxyl groups excluding tert-OH is 1. The minimum absolute atomic E-state index is 0.0314. The molecule has 1 aliphatic carbocycles. The summed E-state index contributed by atoms with van der Waals surface area (Å²) in [5.74, 6) is 1.26. The van der Waals surface area contributed by atoms with Crippen LogP contribution in [0.1, 0.15) is 101 Å². The van der Waals surface area contributed by atoms with Gasteiger partial charge >= 0.3 is 5.97 Å². The van der Waals surface area contributed by atoms with E-state index in [0.717, 1.165) is 31.1 Å². The molecule has 0 bridgehead atoms. The quantitative estimate of drug-likeness (QED) is 0.214. The minimum atomic E-state index is -0.379. The summed E-state index contributed by atoms with van der Waals surface area (Å²) in [5.41, 5.74) is 4.77. The van der Waals surface area contributed by atoms with Crippen LogP contribution in [0.25, 0.3) is 0 Å². The van der Waals surface area contributed by atoms with Gasteiger partial charge in [-0.1, -0.05) is 64.3 Å². The number of hydrogen-bond donors (Lipinski definition) is 1. The largest absolute Gasteiger partial charge is 0.462 e. The average Bonchev–Trinajstić information content (AvgIpc) is 2.79. The summed E-state index contributed by atoms with van der Waals surface area (Å²) in [6.07, 6.45) is 13.8. The summed E-state index contributed by atoms with van der Waals surface area (Å²) in [6.45, 7) is 10.1. The van der Waals surface area contributed by atoms with E-state index < -0.39 is 0 Å². The normalized spacial score (nSPS) is 19.7. The minimum Gasteiger partial charge on any atom is -0.462 e. The third-order valence-corrected chi connectivity index (χ3v) is 6.99. The van der Waals surface area contributed by atoms with E-state index in [1.807, 2.05) is 0 Å². The number of aryl methyl sites for hydroxylation is 2. The molecule has 0 aliphatic heterocycles. The van der Waals surface area contributed by atoms with Crippen molar-refractivity contribution in [3.05, 3.63) is 47.0 Å². The second-order valence-corrected chi connectivity index (χ2v) is 9.57. The Morgan fingerprint density at radius 1 is 1.19 bits per heavy atom. The maximum absolute atomic E-state index is 11.6. The lowest BCUT2D eigenvalue weighted by atomic mass is 9.75. The van der Waals surface area contributed by atoms with Crippen LogP contribution in [0.3, 0.4) is 0 Å². The topological polar surface area (TPSA) is 46.5 Å². The molecule has 1 atom stereocenters. The maximum Gasteiger partial charge on any atom is 0.333 e. The zero-order valence-corrected chi connectivity index (χ0v) is 20.1. The van der Waals surface area contributed by atoms with E-state index in [9.17, 15) is 9.90 Å². The lowest BCUT2D eigenvalue weighted by Gasteiger charge is -2.30. The molecule has 1 aliphatic rings.